The first-order valence-corrected chi connectivity index (χ1v) is 5.74. The Balaban J connectivity index is 2.46. The second-order valence-electron chi connectivity index (χ2n) is 4.39. The number of aromatic nitrogens is 2. The van der Waals surface area contributed by atoms with E-state index >= 15 is 0 Å². The summed E-state index contributed by atoms with van der Waals surface area (Å²) >= 11 is 0. The number of hydrogen-bond donors (Lipinski definition) is 1. The lowest BCUT2D eigenvalue weighted by molar-refractivity contribution is 0.0588. The number of benzene rings is 1. The van der Waals surface area contributed by atoms with E-state index in [2.05, 4.69) is 40.7 Å². The summed E-state index contributed by atoms with van der Waals surface area (Å²) in [4.78, 5) is 18.4. The molecule has 0 atom stereocenters. The highest BCUT2D eigenvalue weighted by molar-refractivity contribution is 5.86. The first-order valence-electron chi connectivity index (χ1n) is 5.74. The van der Waals surface area contributed by atoms with Crippen LogP contribution in [0.25, 0.3) is 11.3 Å². The van der Waals surface area contributed by atoms with Crippen LogP contribution in [0, 0.1) is 20.8 Å². The Morgan fingerprint density at radius 1 is 1.17 bits per heavy atom. The van der Waals surface area contributed by atoms with E-state index < -0.39 is 5.97 Å². The lowest BCUT2D eigenvalue weighted by atomic mass is 9.99. The first kappa shape index (κ1) is 12.4. The van der Waals surface area contributed by atoms with E-state index in [1.165, 1.54) is 18.2 Å². The average Bonchev–Trinajstić information content (AvgIpc) is 2.82. The van der Waals surface area contributed by atoms with E-state index in [0.29, 0.717) is 0 Å². The van der Waals surface area contributed by atoms with Crippen molar-refractivity contribution in [2.75, 3.05) is 7.11 Å². The molecule has 0 spiro atoms. The fourth-order valence-electron chi connectivity index (χ4n) is 1.91. The van der Waals surface area contributed by atoms with Gasteiger partial charge in [0.05, 0.1) is 19.0 Å². The van der Waals surface area contributed by atoms with Gasteiger partial charge in [0.25, 0.3) is 0 Å². The number of rotatable bonds is 2. The fourth-order valence-corrected chi connectivity index (χ4v) is 1.91. The third kappa shape index (κ3) is 2.14. The zero-order valence-corrected chi connectivity index (χ0v) is 11.0. The number of ether oxygens (including phenoxy) is 1. The molecule has 2 rings (SSSR count). The minimum absolute atomic E-state index is 0.227. The molecule has 4 heteroatoms. The molecule has 0 bridgehead atoms. The van der Waals surface area contributed by atoms with Crippen molar-refractivity contribution in [2.24, 2.45) is 0 Å². The second-order valence-corrected chi connectivity index (χ2v) is 4.39. The maximum absolute atomic E-state index is 11.3. The van der Waals surface area contributed by atoms with E-state index in [0.717, 1.165) is 16.8 Å². The van der Waals surface area contributed by atoms with Gasteiger partial charge >= 0.3 is 5.97 Å². The number of H-pyrrole nitrogens is 1. The summed E-state index contributed by atoms with van der Waals surface area (Å²) in [6.45, 7) is 6.19. The Hall–Kier alpha value is -2.10. The zero-order valence-electron chi connectivity index (χ0n) is 11.0. The third-order valence-electron chi connectivity index (χ3n) is 3.09. The zero-order chi connectivity index (χ0) is 13.3. The van der Waals surface area contributed by atoms with Crippen molar-refractivity contribution in [3.8, 4) is 11.3 Å². The van der Waals surface area contributed by atoms with Crippen molar-refractivity contribution >= 4 is 5.97 Å². The largest absolute Gasteiger partial charge is 0.463 e. The lowest BCUT2D eigenvalue weighted by Gasteiger charge is -2.07. The van der Waals surface area contributed by atoms with Gasteiger partial charge in [0.15, 0.2) is 0 Å². The molecule has 4 nitrogen and oxygen atoms in total. The van der Waals surface area contributed by atoms with E-state index in [9.17, 15) is 4.79 Å². The molecule has 1 N–H and O–H groups in total. The van der Waals surface area contributed by atoms with E-state index in [-0.39, 0.29) is 5.82 Å². The number of imidazole rings is 1. The molecule has 1 aromatic carbocycles. The molecule has 0 fully saturated rings. The summed E-state index contributed by atoms with van der Waals surface area (Å²) < 4.78 is 4.63. The molecule has 0 radical (unpaired) electrons. The monoisotopic (exact) mass is 244 g/mol. The van der Waals surface area contributed by atoms with Crippen LogP contribution in [-0.4, -0.2) is 23.0 Å². The molecule has 0 saturated heterocycles. The molecule has 0 aliphatic rings. The van der Waals surface area contributed by atoms with Gasteiger partial charge < -0.3 is 9.72 Å². The minimum Gasteiger partial charge on any atom is -0.463 e. The molecule has 0 amide bonds. The van der Waals surface area contributed by atoms with Crippen LogP contribution in [0.3, 0.4) is 0 Å². The van der Waals surface area contributed by atoms with Crippen LogP contribution in [0.2, 0.25) is 0 Å². The first-order chi connectivity index (χ1) is 8.52. The highest BCUT2D eigenvalue weighted by atomic mass is 16.5. The molecule has 2 aromatic rings. The summed E-state index contributed by atoms with van der Waals surface area (Å²) in [5, 5.41) is 0. The van der Waals surface area contributed by atoms with Crippen LogP contribution in [-0.2, 0) is 4.74 Å². The summed E-state index contributed by atoms with van der Waals surface area (Å²) in [5.74, 6) is -0.229. The van der Waals surface area contributed by atoms with Crippen molar-refractivity contribution in [2.45, 2.75) is 20.8 Å². The number of nitrogens with zero attached hydrogens (tertiary/aromatic N) is 1. The van der Waals surface area contributed by atoms with Gasteiger partial charge in [0, 0.05) is 5.56 Å². The maximum Gasteiger partial charge on any atom is 0.374 e. The Bertz CT molecular complexity index is 600. The van der Waals surface area contributed by atoms with Crippen LogP contribution in [0.15, 0.2) is 18.3 Å². The van der Waals surface area contributed by atoms with Gasteiger partial charge in [-0.25, -0.2) is 9.78 Å². The van der Waals surface area contributed by atoms with Crippen LogP contribution in [0.5, 0.6) is 0 Å². The fraction of sp³-hybridized carbons (Fsp3) is 0.286. The molecule has 0 aliphatic heterocycles. The molecular weight excluding hydrogens is 228 g/mol. The van der Waals surface area contributed by atoms with Gasteiger partial charge in [-0.3, -0.25) is 0 Å². The summed E-state index contributed by atoms with van der Waals surface area (Å²) in [5.41, 5.74) is 5.50. The standard InChI is InChI=1S/C14H16N2O2/c1-8-5-10(3)11(6-9(8)2)12-7-15-13(16-12)14(17)18-4/h5-7H,1-4H3,(H,15,16). The van der Waals surface area contributed by atoms with Crippen molar-refractivity contribution in [3.05, 3.63) is 40.8 Å². The van der Waals surface area contributed by atoms with Crippen LogP contribution >= 0.6 is 0 Å². The predicted octanol–water partition coefficient (Wildman–Crippen LogP) is 2.79. The van der Waals surface area contributed by atoms with Crippen molar-refractivity contribution in [3.63, 3.8) is 0 Å². The number of aromatic amines is 1. The predicted molar refractivity (Wildman–Crippen MR) is 69.6 cm³/mol. The molecule has 0 unspecified atom stereocenters. The Morgan fingerprint density at radius 3 is 2.50 bits per heavy atom. The highest BCUT2D eigenvalue weighted by Gasteiger charge is 2.12. The quantitative estimate of drug-likeness (QED) is 0.826. The number of aryl methyl sites for hydroxylation is 3. The number of esters is 1. The Kier molecular flexibility index (Phi) is 3.19. The molecule has 1 aromatic heterocycles. The summed E-state index contributed by atoms with van der Waals surface area (Å²) in [6.07, 6.45) is 1.66. The normalized spacial score (nSPS) is 10.4. The van der Waals surface area contributed by atoms with Crippen molar-refractivity contribution in [1.82, 2.24) is 9.97 Å². The van der Waals surface area contributed by atoms with Gasteiger partial charge in [0.1, 0.15) is 0 Å². The van der Waals surface area contributed by atoms with Gasteiger partial charge in [0.2, 0.25) is 5.82 Å². The van der Waals surface area contributed by atoms with Gasteiger partial charge in [-0.2, -0.15) is 0 Å². The number of carbonyl (C=O) groups excluding carboxylic acids is 1. The van der Waals surface area contributed by atoms with E-state index in [4.69, 9.17) is 0 Å². The second kappa shape index (κ2) is 4.64. The third-order valence-corrected chi connectivity index (χ3v) is 3.09. The SMILES string of the molecule is COC(=O)c1ncc(-c2cc(C)c(C)cc2C)[nH]1. The van der Waals surface area contributed by atoms with E-state index in [1.807, 2.05) is 6.92 Å². The van der Waals surface area contributed by atoms with Gasteiger partial charge in [-0.1, -0.05) is 6.07 Å². The number of nitrogens with one attached hydrogen (secondary N) is 1. The Labute approximate surface area is 106 Å². The molecule has 94 valence electrons. The smallest absolute Gasteiger partial charge is 0.374 e. The van der Waals surface area contributed by atoms with Crippen LogP contribution < -0.4 is 0 Å². The summed E-state index contributed by atoms with van der Waals surface area (Å²) in [6, 6.07) is 4.22. The number of methoxy groups -OCH3 is 1. The van der Waals surface area contributed by atoms with Crippen LogP contribution in [0.4, 0.5) is 0 Å². The van der Waals surface area contributed by atoms with Crippen molar-refractivity contribution in [1.29, 1.82) is 0 Å². The number of hydrogen-bond acceptors (Lipinski definition) is 3. The van der Waals surface area contributed by atoms with Crippen LogP contribution in [0.1, 0.15) is 27.3 Å². The molecule has 0 saturated carbocycles. The average molecular weight is 244 g/mol. The van der Waals surface area contributed by atoms with E-state index in [1.54, 1.807) is 6.20 Å². The molecular formula is C14H16N2O2. The molecule has 1 heterocycles. The highest BCUT2D eigenvalue weighted by Crippen LogP contribution is 2.25. The van der Waals surface area contributed by atoms with Gasteiger partial charge in [-0.05, 0) is 43.5 Å². The molecule has 0 aliphatic carbocycles. The van der Waals surface area contributed by atoms with Gasteiger partial charge in [-0.15, -0.1) is 0 Å². The Morgan fingerprint density at radius 2 is 1.83 bits per heavy atom. The molecule has 18 heavy (non-hydrogen) atoms. The topological polar surface area (TPSA) is 55.0 Å². The minimum atomic E-state index is -0.456. The lowest BCUT2D eigenvalue weighted by Crippen LogP contribution is -2.03. The van der Waals surface area contributed by atoms with Crippen molar-refractivity contribution < 1.29 is 9.53 Å². The number of carbonyl (C=O) groups is 1. The maximum atomic E-state index is 11.3. The summed E-state index contributed by atoms with van der Waals surface area (Å²) in [7, 11) is 1.34.